The molecule has 0 bridgehead atoms. The quantitative estimate of drug-likeness (QED) is 0.375. The van der Waals surface area contributed by atoms with Crippen LogP contribution in [0.2, 0.25) is 5.02 Å². The second-order valence-corrected chi connectivity index (χ2v) is 5.28. The van der Waals surface area contributed by atoms with Gasteiger partial charge in [-0.2, -0.15) is 0 Å². The van der Waals surface area contributed by atoms with Gasteiger partial charge in [0.25, 0.3) is 0 Å². The van der Waals surface area contributed by atoms with Gasteiger partial charge < -0.3 is 20.0 Å². The van der Waals surface area contributed by atoms with Crippen LogP contribution < -0.4 is 15.2 Å². The summed E-state index contributed by atoms with van der Waals surface area (Å²) >= 11 is 5.92. The number of rotatable bonds is 6. The van der Waals surface area contributed by atoms with E-state index in [0.717, 1.165) is 5.56 Å². The minimum absolute atomic E-state index is 0.0772. The van der Waals surface area contributed by atoms with Gasteiger partial charge in [-0.05, 0) is 55.0 Å². The zero-order valence-electron chi connectivity index (χ0n) is 13.3. The Hall–Kier alpha value is -2.73. The molecular weight excluding hydrogens is 332 g/mol. The van der Waals surface area contributed by atoms with E-state index in [4.69, 9.17) is 31.6 Å². The highest BCUT2D eigenvalue weighted by Crippen LogP contribution is 2.20. The van der Waals surface area contributed by atoms with Crippen LogP contribution in [0.5, 0.6) is 11.5 Å². The fourth-order valence-electron chi connectivity index (χ4n) is 1.79. The van der Waals surface area contributed by atoms with Crippen LogP contribution in [0.4, 0.5) is 0 Å². The Morgan fingerprint density at radius 2 is 1.83 bits per heavy atom. The number of amidine groups is 1. The van der Waals surface area contributed by atoms with E-state index in [9.17, 15) is 4.79 Å². The monoisotopic (exact) mass is 348 g/mol. The predicted molar refractivity (Wildman–Crippen MR) is 91.5 cm³/mol. The molecule has 0 radical (unpaired) electrons. The Balaban J connectivity index is 1.87. The summed E-state index contributed by atoms with van der Waals surface area (Å²) in [5, 5.41) is 4.22. The van der Waals surface area contributed by atoms with Gasteiger partial charge in [0.1, 0.15) is 11.5 Å². The fraction of sp³-hybridized carbons (Fsp3) is 0.176. The highest BCUT2D eigenvalue weighted by molar-refractivity contribution is 6.31. The molecular formula is C17H17ClN2O4. The first-order valence-electron chi connectivity index (χ1n) is 7.06. The third-order valence-corrected chi connectivity index (χ3v) is 3.54. The first kappa shape index (κ1) is 17.6. The van der Waals surface area contributed by atoms with Crippen LogP contribution >= 0.6 is 11.6 Å². The summed E-state index contributed by atoms with van der Waals surface area (Å²) in [6.45, 7) is 1.55. The van der Waals surface area contributed by atoms with E-state index in [0.29, 0.717) is 22.1 Å². The standard InChI is InChI=1S/C17H17ClN2O4/c1-11-9-14(7-8-15(11)18)23-10-16(21)24-20-17(19)12-3-5-13(22-2)6-4-12/h3-9H,10H2,1-2H3,(H2,19,20). The molecule has 0 heterocycles. The number of hydrogen-bond donors (Lipinski definition) is 1. The van der Waals surface area contributed by atoms with Gasteiger partial charge in [-0.15, -0.1) is 0 Å². The lowest BCUT2D eigenvalue weighted by Crippen LogP contribution is -2.18. The SMILES string of the molecule is COc1ccc(/C(N)=N/OC(=O)COc2ccc(Cl)c(C)c2)cc1. The van der Waals surface area contributed by atoms with E-state index in [-0.39, 0.29) is 12.4 Å². The molecule has 2 aromatic rings. The van der Waals surface area contributed by atoms with Gasteiger partial charge in [0.05, 0.1) is 7.11 Å². The summed E-state index contributed by atoms with van der Waals surface area (Å²) in [4.78, 5) is 16.4. The van der Waals surface area contributed by atoms with Crippen LogP contribution in [0.1, 0.15) is 11.1 Å². The van der Waals surface area contributed by atoms with Crippen molar-refractivity contribution in [1.82, 2.24) is 0 Å². The van der Waals surface area contributed by atoms with Crippen molar-refractivity contribution in [3.8, 4) is 11.5 Å². The molecule has 0 aliphatic carbocycles. The largest absolute Gasteiger partial charge is 0.497 e. The molecule has 7 heteroatoms. The minimum Gasteiger partial charge on any atom is -0.497 e. The molecule has 6 nitrogen and oxygen atoms in total. The van der Waals surface area contributed by atoms with Crippen molar-refractivity contribution in [2.75, 3.05) is 13.7 Å². The molecule has 2 N–H and O–H groups in total. The van der Waals surface area contributed by atoms with Crippen LogP contribution in [-0.2, 0) is 9.63 Å². The zero-order chi connectivity index (χ0) is 17.5. The third kappa shape index (κ3) is 4.89. The molecule has 0 atom stereocenters. The summed E-state index contributed by atoms with van der Waals surface area (Å²) in [5.41, 5.74) is 7.22. The Morgan fingerprint density at radius 3 is 2.46 bits per heavy atom. The van der Waals surface area contributed by atoms with Crippen molar-refractivity contribution in [1.29, 1.82) is 0 Å². The zero-order valence-corrected chi connectivity index (χ0v) is 14.0. The Bertz CT molecular complexity index is 745. The molecule has 126 valence electrons. The van der Waals surface area contributed by atoms with Crippen LogP contribution in [0, 0.1) is 6.92 Å². The summed E-state index contributed by atoms with van der Waals surface area (Å²) in [5.74, 6) is 0.614. The van der Waals surface area contributed by atoms with Gasteiger partial charge in [-0.25, -0.2) is 4.79 Å². The Labute approximate surface area is 144 Å². The molecule has 0 saturated carbocycles. The summed E-state index contributed by atoms with van der Waals surface area (Å²) in [6.07, 6.45) is 0. The number of nitrogens with two attached hydrogens (primary N) is 1. The fourth-order valence-corrected chi connectivity index (χ4v) is 1.91. The van der Waals surface area contributed by atoms with E-state index in [2.05, 4.69) is 5.16 Å². The molecule has 0 fully saturated rings. The maximum atomic E-state index is 11.6. The van der Waals surface area contributed by atoms with E-state index >= 15 is 0 Å². The lowest BCUT2D eigenvalue weighted by Gasteiger charge is -2.06. The number of carbonyl (C=O) groups excluding carboxylic acids is 1. The highest BCUT2D eigenvalue weighted by Gasteiger charge is 2.07. The number of methoxy groups -OCH3 is 1. The van der Waals surface area contributed by atoms with Gasteiger partial charge in [0, 0.05) is 10.6 Å². The van der Waals surface area contributed by atoms with Crippen molar-refractivity contribution in [3.63, 3.8) is 0 Å². The molecule has 0 aromatic heterocycles. The lowest BCUT2D eigenvalue weighted by atomic mass is 10.2. The number of nitrogens with zero attached hydrogens (tertiary/aromatic N) is 1. The van der Waals surface area contributed by atoms with Crippen LogP contribution in [0.3, 0.4) is 0 Å². The van der Waals surface area contributed by atoms with E-state index in [1.165, 1.54) is 0 Å². The second kappa shape index (κ2) is 8.21. The van der Waals surface area contributed by atoms with Gasteiger partial charge in [0.15, 0.2) is 12.4 Å². The molecule has 2 rings (SSSR count). The third-order valence-electron chi connectivity index (χ3n) is 3.12. The number of hydrogen-bond acceptors (Lipinski definition) is 5. The van der Waals surface area contributed by atoms with Gasteiger partial charge in [-0.3, -0.25) is 0 Å². The van der Waals surface area contributed by atoms with Crippen molar-refractivity contribution < 1.29 is 19.1 Å². The van der Waals surface area contributed by atoms with Crippen LogP contribution in [0.25, 0.3) is 0 Å². The van der Waals surface area contributed by atoms with Crippen molar-refractivity contribution >= 4 is 23.4 Å². The number of aryl methyl sites for hydroxylation is 1. The maximum absolute atomic E-state index is 11.6. The molecule has 2 aromatic carbocycles. The molecule has 0 spiro atoms. The maximum Gasteiger partial charge on any atom is 0.372 e. The number of halogens is 1. The summed E-state index contributed by atoms with van der Waals surface area (Å²) in [6, 6.07) is 12.0. The van der Waals surface area contributed by atoms with E-state index < -0.39 is 5.97 Å². The van der Waals surface area contributed by atoms with E-state index in [1.54, 1.807) is 49.6 Å². The first-order chi connectivity index (χ1) is 11.5. The summed E-state index contributed by atoms with van der Waals surface area (Å²) in [7, 11) is 1.57. The smallest absolute Gasteiger partial charge is 0.372 e. The number of benzene rings is 2. The average molecular weight is 349 g/mol. The topological polar surface area (TPSA) is 83.1 Å². The highest BCUT2D eigenvalue weighted by atomic mass is 35.5. The minimum atomic E-state index is -0.668. The van der Waals surface area contributed by atoms with Gasteiger partial charge in [0.2, 0.25) is 0 Å². The van der Waals surface area contributed by atoms with Gasteiger partial charge in [-0.1, -0.05) is 16.8 Å². The molecule has 0 aliphatic rings. The predicted octanol–water partition coefficient (Wildman–Crippen LogP) is 2.90. The second-order valence-electron chi connectivity index (χ2n) is 4.87. The van der Waals surface area contributed by atoms with Gasteiger partial charge >= 0.3 is 5.97 Å². The number of ether oxygens (including phenoxy) is 2. The summed E-state index contributed by atoms with van der Waals surface area (Å²) < 4.78 is 10.4. The Kier molecular flexibility index (Phi) is 6.03. The molecule has 0 amide bonds. The lowest BCUT2D eigenvalue weighted by molar-refractivity contribution is -0.146. The van der Waals surface area contributed by atoms with Crippen LogP contribution in [-0.4, -0.2) is 25.5 Å². The molecule has 24 heavy (non-hydrogen) atoms. The van der Waals surface area contributed by atoms with Crippen molar-refractivity contribution in [3.05, 3.63) is 58.6 Å². The average Bonchev–Trinajstić information content (AvgIpc) is 2.60. The molecule has 0 saturated heterocycles. The normalized spacial score (nSPS) is 11.0. The number of carbonyl (C=O) groups is 1. The molecule has 0 aliphatic heterocycles. The number of oxime groups is 1. The Morgan fingerprint density at radius 1 is 1.17 bits per heavy atom. The van der Waals surface area contributed by atoms with Crippen molar-refractivity contribution in [2.45, 2.75) is 6.92 Å². The first-order valence-corrected chi connectivity index (χ1v) is 7.44. The molecule has 0 unspecified atom stereocenters. The van der Waals surface area contributed by atoms with Crippen molar-refractivity contribution in [2.24, 2.45) is 10.9 Å². The van der Waals surface area contributed by atoms with E-state index in [1.807, 2.05) is 6.92 Å². The van der Waals surface area contributed by atoms with Crippen LogP contribution in [0.15, 0.2) is 47.6 Å².